The monoisotopic (exact) mass is 245 g/mol. The van der Waals surface area contributed by atoms with Gasteiger partial charge >= 0.3 is 0 Å². The highest BCUT2D eigenvalue weighted by Crippen LogP contribution is 2.37. The predicted octanol–water partition coefficient (Wildman–Crippen LogP) is 3.50. The molecule has 18 heavy (non-hydrogen) atoms. The molecular formula is C16H23NO. The highest BCUT2D eigenvalue weighted by molar-refractivity contribution is 5.38. The minimum Gasteiger partial charge on any atom is -0.508 e. The van der Waals surface area contributed by atoms with Crippen LogP contribution in [0.1, 0.15) is 49.8 Å². The van der Waals surface area contributed by atoms with Crippen molar-refractivity contribution in [1.29, 1.82) is 0 Å². The molecule has 2 heteroatoms. The van der Waals surface area contributed by atoms with Gasteiger partial charge in [0, 0.05) is 12.6 Å². The van der Waals surface area contributed by atoms with Gasteiger partial charge in [-0.3, -0.25) is 4.90 Å². The Hall–Kier alpha value is -1.02. The molecule has 1 heterocycles. The summed E-state index contributed by atoms with van der Waals surface area (Å²) < 4.78 is 0. The van der Waals surface area contributed by atoms with E-state index in [0.29, 0.717) is 11.8 Å². The van der Waals surface area contributed by atoms with Crippen LogP contribution >= 0.6 is 0 Å². The number of nitrogens with zero attached hydrogens (tertiary/aromatic N) is 1. The number of phenols is 1. The summed E-state index contributed by atoms with van der Waals surface area (Å²) >= 11 is 0. The molecule has 1 N–H and O–H groups in total. The smallest absolute Gasteiger partial charge is 0.115 e. The Kier molecular flexibility index (Phi) is 3.29. The summed E-state index contributed by atoms with van der Waals surface area (Å²) in [6.07, 6.45) is 6.41. The number of aryl methyl sites for hydroxylation is 1. The third kappa shape index (κ3) is 2.26. The maximum absolute atomic E-state index is 9.74. The van der Waals surface area contributed by atoms with Gasteiger partial charge in [-0.15, -0.1) is 0 Å². The van der Waals surface area contributed by atoms with Crippen molar-refractivity contribution < 1.29 is 5.11 Å². The van der Waals surface area contributed by atoms with Gasteiger partial charge in [0.25, 0.3) is 0 Å². The molecule has 1 aromatic rings. The number of hydrogen-bond donors (Lipinski definition) is 1. The van der Waals surface area contributed by atoms with Crippen LogP contribution < -0.4 is 0 Å². The molecule has 1 aliphatic heterocycles. The normalized spacial score (nSPS) is 28.9. The first-order chi connectivity index (χ1) is 8.74. The Balaban J connectivity index is 1.88. The zero-order chi connectivity index (χ0) is 12.5. The summed E-state index contributed by atoms with van der Waals surface area (Å²) in [6.45, 7) is 4.81. The van der Waals surface area contributed by atoms with Gasteiger partial charge in [0.05, 0.1) is 0 Å². The summed E-state index contributed by atoms with van der Waals surface area (Å²) in [5.74, 6) is 1.24. The van der Waals surface area contributed by atoms with E-state index in [4.69, 9.17) is 0 Å². The molecule has 2 aliphatic rings. The zero-order valence-corrected chi connectivity index (χ0v) is 11.2. The summed E-state index contributed by atoms with van der Waals surface area (Å²) in [7, 11) is 0. The van der Waals surface area contributed by atoms with E-state index in [9.17, 15) is 5.11 Å². The second-order valence-corrected chi connectivity index (χ2v) is 6.03. The molecule has 2 unspecified atom stereocenters. The van der Waals surface area contributed by atoms with Crippen LogP contribution in [0.25, 0.3) is 0 Å². The minimum absolute atomic E-state index is 0.422. The van der Waals surface area contributed by atoms with Gasteiger partial charge in [-0.1, -0.05) is 13.0 Å². The highest BCUT2D eigenvalue weighted by atomic mass is 16.3. The summed E-state index contributed by atoms with van der Waals surface area (Å²) in [6, 6.07) is 6.49. The Morgan fingerprint density at radius 1 is 1.22 bits per heavy atom. The third-order valence-electron chi connectivity index (χ3n) is 4.54. The van der Waals surface area contributed by atoms with Gasteiger partial charge in [0.1, 0.15) is 5.75 Å². The molecule has 1 aliphatic carbocycles. The lowest BCUT2D eigenvalue weighted by molar-refractivity contribution is 0.118. The fraction of sp³-hybridized carbons (Fsp3) is 0.625. The van der Waals surface area contributed by atoms with E-state index in [1.54, 1.807) is 0 Å². The third-order valence-corrected chi connectivity index (χ3v) is 4.54. The molecule has 1 aromatic carbocycles. The molecule has 0 aromatic heterocycles. The van der Waals surface area contributed by atoms with Crippen LogP contribution in [-0.2, 0) is 6.42 Å². The largest absolute Gasteiger partial charge is 0.508 e. The second-order valence-electron chi connectivity index (χ2n) is 6.03. The number of likely N-dealkylation sites (tertiary alicyclic amines) is 1. The zero-order valence-electron chi connectivity index (χ0n) is 11.2. The van der Waals surface area contributed by atoms with Crippen molar-refractivity contribution >= 4 is 0 Å². The molecule has 0 saturated carbocycles. The second kappa shape index (κ2) is 4.93. The lowest BCUT2D eigenvalue weighted by Crippen LogP contribution is -2.38. The number of hydrogen-bond acceptors (Lipinski definition) is 2. The predicted molar refractivity (Wildman–Crippen MR) is 73.8 cm³/mol. The van der Waals surface area contributed by atoms with E-state index in [1.165, 1.54) is 56.3 Å². The van der Waals surface area contributed by atoms with Crippen molar-refractivity contribution in [3.05, 3.63) is 29.3 Å². The Labute approximate surface area is 110 Å². The molecule has 0 bridgehead atoms. The molecule has 2 nitrogen and oxygen atoms in total. The van der Waals surface area contributed by atoms with Gasteiger partial charge in [0.15, 0.2) is 0 Å². The Morgan fingerprint density at radius 2 is 2.11 bits per heavy atom. The first-order valence-electron chi connectivity index (χ1n) is 7.30. The maximum atomic E-state index is 9.74. The van der Waals surface area contributed by atoms with Crippen molar-refractivity contribution in [1.82, 2.24) is 4.90 Å². The molecular weight excluding hydrogens is 222 g/mol. The molecule has 2 atom stereocenters. The van der Waals surface area contributed by atoms with Crippen LogP contribution in [0, 0.1) is 5.92 Å². The molecule has 98 valence electrons. The van der Waals surface area contributed by atoms with Gasteiger partial charge in [-0.2, -0.15) is 0 Å². The Bertz CT molecular complexity index is 429. The topological polar surface area (TPSA) is 23.5 Å². The van der Waals surface area contributed by atoms with E-state index in [-0.39, 0.29) is 0 Å². The van der Waals surface area contributed by atoms with Crippen molar-refractivity contribution in [2.75, 3.05) is 13.1 Å². The average Bonchev–Trinajstić information content (AvgIpc) is 2.38. The molecule has 0 amide bonds. The van der Waals surface area contributed by atoms with Gasteiger partial charge < -0.3 is 5.11 Å². The molecule has 3 rings (SSSR count). The van der Waals surface area contributed by atoms with Crippen LogP contribution in [0.15, 0.2) is 18.2 Å². The number of rotatable bonds is 1. The fourth-order valence-electron chi connectivity index (χ4n) is 3.65. The van der Waals surface area contributed by atoms with Crippen LogP contribution in [0.2, 0.25) is 0 Å². The number of benzene rings is 1. The molecule has 1 saturated heterocycles. The molecule has 1 fully saturated rings. The van der Waals surface area contributed by atoms with Crippen molar-refractivity contribution in [2.24, 2.45) is 5.92 Å². The van der Waals surface area contributed by atoms with Crippen molar-refractivity contribution in [3.8, 4) is 5.75 Å². The van der Waals surface area contributed by atoms with Crippen molar-refractivity contribution in [3.63, 3.8) is 0 Å². The van der Waals surface area contributed by atoms with Crippen molar-refractivity contribution in [2.45, 2.75) is 45.1 Å². The average molecular weight is 245 g/mol. The van der Waals surface area contributed by atoms with Gasteiger partial charge in [0.2, 0.25) is 0 Å². The lowest BCUT2D eigenvalue weighted by Gasteiger charge is -2.40. The fourth-order valence-corrected chi connectivity index (χ4v) is 3.65. The quantitative estimate of drug-likeness (QED) is 0.818. The Morgan fingerprint density at radius 3 is 2.94 bits per heavy atom. The number of fused-ring (bicyclic) bond motifs is 1. The first-order valence-corrected chi connectivity index (χ1v) is 7.30. The maximum Gasteiger partial charge on any atom is 0.115 e. The number of phenolic OH excluding ortho intramolecular Hbond substituents is 1. The van der Waals surface area contributed by atoms with E-state index in [0.717, 1.165) is 5.92 Å². The highest BCUT2D eigenvalue weighted by Gasteiger charge is 2.28. The first kappa shape index (κ1) is 12.0. The van der Waals surface area contributed by atoms with Crippen LogP contribution in [0.4, 0.5) is 0 Å². The van der Waals surface area contributed by atoms with Gasteiger partial charge in [-0.05, 0) is 67.8 Å². The SMILES string of the molecule is CC1CCCN(C2CCCc3ccc(O)cc32)C1. The summed E-state index contributed by atoms with van der Waals surface area (Å²) in [5.41, 5.74) is 2.83. The number of aromatic hydroxyl groups is 1. The van der Waals surface area contributed by atoms with E-state index in [2.05, 4.69) is 17.9 Å². The lowest BCUT2D eigenvalue weighted by atomic mass is 9.85. The number of piperidine rings is 1. The van der Waals surface area contributed by atoms with Crippen LogP contribution in [0.5, 0.6) is 5.75 Å². The summed E-state index contributed by atoms with van der Waals surface area (Å²) in [4.78, 5) is 2.64. The molecule has 0 radical (unpaired) electrons. The van der Waals surface area contributed by atoms with E-state index >= 15 is 0 Å². The minimum atomic E-state index is 0.422. The van der Waals surface area contributed by atoms with Crippen LogP contribution in [-0.4, -0.2) is 23.1 Å². The molecule has 0 spiro atoms. The van der Waals surface area contributed by atoms with Gasteiger partial charge in [-0.25, -0.2) is 0 Å². The van der Waals surface area contributed by atoms with E-state index < -0.39 is 0 Å². The summed E-state index contributed by atoms with van der Waals surface area (Å²) in [5, 5.41) is 9.74. The van der Waals surface area contributed by atoms with Crippen LogP contribution in [0.3, 0.4) is 0 Å². The standard InChI is InChI=1S/C16H23NO/c1-12-4-3-9-17(11-12)16-6-2-5-13-7-8-14(18)10-15(13)16/h7-8,10,12,16,18H,2-6,9,11H2,1H3. The van der Waals surface area contributed by atoms with E-state index in [1.807, 2.05) is 12.1 Å².